The number of rotatable bonds is 6. The molecule has 2 aromatic rings. The standard InChI is InChI=1S/C19H24N2O/c22-15-19-18(20-13-16-7-3-1-4-8-16)11-12-21(19)14-17-9-5-2-6-10-17/h1-10,18-20,22H,11-15H2/t18-,19-/m1/s1. The Morgan fingerprint density at radius 1 is 0.955 bits per heavy atom. The van der Waals surface area contributed by atoms with Crippen LogP contribution in [-0.4, -0.2) is 35.2 Å². The van der Waals surface area contributed by atoms with Crippen LogP contribution in [0.25, 0.3) is 0 Å². The minimum Gasteiger partial charge on any atom is -0.395 e. The molecule has 0 radical (unpaired) electrons. The van der Waals surface area contributed by atoms with Crippen LogP contribution in [0.5, 0.6) is 0 Å². The summed E-state index contributed by atoms with van der Waals surface area (Å²) in [7, 11) is 0. The zero-order valence-electron chi connectivity index (χ0n) is 12.9. The van der Waals surface area contributed by atoms with Crippen LogP contribution in [-0.2, 0) is 13.1 Å². The van der Waals surface area contributed by atoms with Crippen LogP contribution < -0.4 is 5.32 Å². The van der Waals surface area contributed by atoms with Gasteiger partial charge < -0.3 is 10.4 Å². The third kappa shape index (κ3) is 3.74. The van der Waals surface area contributed by atoms with Gasteiger partial charge in [0.25, 0.3) is 0 Å². The van der Waals surface area contributed by atoms with E-state index in [0.29, 0.717) is 6.04 Å². The maximum Gasteiger partial charge on any atom is 0.0602 e. The zero-order chi connectivity index (χ0) is 15.2. The monoisotopic (exact) mass is 296 g/mol. The summed E-state index contributed by atoms with van der Waals surface area (Å²) in [5.74, 6) is 0. The lowest BCUT2D eigenvalue weighted by molar-refractivity contribution is 0.138. The summed E-state index contributed by atoms with van der Waals surface area (Å²) >= 11 is 0. The molecule has 0 amide bonds. The van der Waals surface area contributed by atoms with E-state index < -0.39 is 0 Å². The van der Waals surface area contributed by atoms with Crippen LogP contribution in [0, 0.1) is 0 Å². The van der Waals surface area contributed by atoms with Crippen molar-refractivity contribution in [2.45, 2.75) is 31.6 Å². The van der Waals surface area contributed by atoms with E-state index in [4.69, 9.17) is 0 Å². The number of nitrogens with zero attached hydrogens (tertiary/aromatic N) is 1. The second-order valence-corrected chi connectivity index (χ2v) is 5.97. The fourth-order valence-corrected chi connectivity index (χ4v) is 3.26. The van der Waals surface area contributed by atoms with Crippen LogP contribution in [0.1, 0.15) is 17.5 Å². The van der Waals surface area contributed by atoms with E-state index in [1.165, 1.54) is 11.1 Å². The summed E-state index contributed by atoms with van der Waals surface area (Å²) in [6, 6.07) is 21.5. The molecule has 0 unspecified atom stereocenters. The van der Waals surface area contributed by atoms with Crippen molar-refractivity contribution >= 4 is 0 Å². The highest BCUT2D eigenvalue weighted by atomic mass is 16.3. The number of likely N-dealkylation sites (tertiary alicyclic amines) is 1. The lowest BCUT2D eigenvalue weighted by Gasteiger charge is -2.27. The minimum atomic E-state index is 0.198. The average Bonchev–Trinajstić information content (AvgIpc) is 2.96. The summed E-state index contributed by atoms with van der Waals surface area (Å²) in [4.78, 5) is 2.39. The van der Waals surface area contributed by atoms with Gasteiger partial charge in [-0.2, -0.15) is 0 Å². The Hall–Kier alpha value is -1.68. The summed E-state index contributed by atoms with van der Waals surface area (Å²) in [6.45, 7) is 3.02. The predicted octanol–water partition coefficient (Wildman–Crippen LogP) is 2.41. The lowest BCUT2D eigenvalue weighted by atomic mass is 10.1. The van der Waals surface area contributed by atoms with E-state index in [0.717, 1.165) is 26.1 Å². The van der Waals surface area contributed by atoms with Crippen LogP contribution in [0.15, 0.2) is 60.7 Å². The Morgan fingerprint density at radius 2 is 1.59 bits per heavy atom. The van der Waals surface area contributed by atoms with Gasteiger partial charge in [0, 0.05) is 31.7 Å². The largest absolute Gasteiger partial charge is 0.395 e. The Morgan fingerprint density at radius 3 is 2.23 bits per heavy atom. The maximum absolute atomic E-state index is 9.80. The molecular weight excluding hydrogens is 272 g/mol. The highest BCUT2D eigenvalue weighted by Crippen LogP contribution is 2.21. The highest BCUT2D eigenvalue weighted by molar-refractivity contribution is 5.16. The molecule has 3 rings (SSSR count). The molecule has 3 heteroatoms. The Labute approximate surface area is 132 Å². The van der Waals surface area contributed by atoms with Crippen molar-refractivity contribution in [2.24, 2.45) is 0 Å². The summed E-state index contributed by atoms with van der Waals surface area (Å²) in [5, 5.41) is 13.4. The van der Waals surface area contributed by atoms with Crippen LogP contribution in [0.3, 0.4) is 0 Å². The zero-order valence-corrected chi connectivity index (χ0v) is 12.9. The van der Waals surface area contributed by atoms with E-state index >= 15 is 0 Å². The van der Waals surface area contributed by atoms with Gasteiger partial charge >= 0.3 is 0 Å². The molecule has 1 saturated heterocycles. The SMILES string of the molecule is OC[C@@H]1[C@H](NCc2ccccc2)CCN1Cc1ccccc1. The second-order valence-electron chi connectivity index (χ2n) is 5.97. The van der Waals surface area contributed by atoms with Gasteiger partial charge in [-0.3, -0.25) is 4.90 Å². The van der Waals surface area contributed by atoms with Crippen LogP contribution in [0.2, 0.25) is 0 Å². The van der Waals surface area contributed by atoms with E-state index in [9.17, 15) is 5.11 Å². The first-order valence-electron chi connectivity index (χ1n) is 8.03. The first-order valence-corrected chi connectivity index (χ1v) is 8.03. The molecule has 2 N–H and O–H groups in total. The van der Waals surface area contributed by atoms with Gasteiger partial charge in [-0.15, -0.1) is 0 Å². The predicted molar refractivity (Wildman–Crippen MR) is 89.4 cm³/mol. The fraction of sp³-hybridized carbons (Fsp3) is 0.368. The Kier molecular flexibility index (Phi) is 5.22. The smallest absolute Gasteiger partial charge is 0.0602 e. The topological polar surface area (TPSA) is 35.5 Å². The summed E-state index contributed by atoms with van der Waals surface area (Å²) < 4.78 is 0. The minimum absolute atomic E-state index is 0.198. The molecule has 1 aliphatic heterocycles. The van der Waals surface area contributed by atoms with Crippen molar-refractivity contribution in [1.82, 2.24) is 10.2 Å². The van der Waals surface area contributed by atoms with Crippen molar-refractivity contribution in [3.05, 3.63) is 71.8 Å². The quantitative estimate of drug-likeness (QED) is 0.859. The van der Waals surface area contributed by atoms with E-state index in [2.05, 4.69) is 58.7 Å². The number of hydrogen-bond acceptors (Lipinski definition) is 3. The number of nitrogens with one attached hydrogen (secondary N) is 1. The number of aliphatic hydroxyl groups is 1. The third-order valence-corrected chi connectivity index (χ3v) is 4.49. The Balaban J connectivity index is 1.57. The van der Waals surface area contributed by atoms with Crippen molar-refractivity contribution in [1.29, 1.82) is 0 Å². The van der Waals surface area contributed by atoms with Crippen LogP contribution in [0.4, 0.5) is 0 Å². The molecule has 2 atom stereocenters. The summed E-state index contributed by atoms with van der Waals surface area (Å²) in [6.07, 6.45) is 1.09. The van der Waals surface area contributed by atoms with Gasteiger partial charge in [-0.05, 0) is 17.5 Å². The van der Waals surface area contributed by atoms with Gasteiger partial charge in [0.1, 0.15) is 0 Å². The molecule has 116 valence electrons. The molecule has 0 bridgehead atoms. The number of benzene rings is 2. The van der Waals surface area contributed by atoms with Gasteiger partial charge in [-0.1, -0.05) is 60.7 Å². The molecule has 1 heterocycles. The van der Waals surface area contributed by atoms with Crippen molar-refractivity contribution in [2.75, 3.05) is 13.2 Å². The van der Waals surface area contributed by atoms with Gasteiger partial charge in [0.05, 0.1) is 6.61 Å². The van der Waals surface area contributed by atoms with Crippen molar-refractivity contribution in [3.8, 4) is 0 Å². The Bertz CT molecular complexity index is 558. The van der Waals surface area contributed by atoms with E-state index in [1.54, 1.807) is 0 Å². The molecule has 3 nitrogen and oxygen atoms in total. The highest BCUT2D eigenvalue weighted by Gasteiger charge is 2.32. The molecule has 2 aromatic carbocycles. The molecule has 0 aliphatic carbocycles. The first kappa shape index (κ1) is 15.2. The average molecular weight is 296 g/mol. The second kappa shape index (κ2) is 7.54. The normalized spacial score (nSPS) is 22.0. The van der Waals surface area contributed by atoms with Gasteiger partial charge in [0.2, 0.25) is 0 Å². The molecule has 1 aliphatic rings. The fourth-order valence-electron chi connectivity index (χ4n) is 3.26. The molecule has 0 spiro atoms. The maximum atomic E-state index is 9.80. The number of aliphatic hydroxyl groups excluding tert-OH is 1. The molecule has 1 fully saturated rings. The van der Waals surface area contributed by atoms with Crippen LogP contribution >= 0.6 is 0 Å². The summed E-state index contributed by atoms with van der Waals surface area (Å²) in [5.41, 5.74) is 2.60. The van der Waals surface area contributed by atoms with Crippen molar-refractivity contribution in [3.63, 3.8) is 0 Å². The molecule has 0 saturated carbocycles. The molecular formula is C19H24N2O. The lowest BCUT2D eigenvalue weighted by Crippen LogP contribution is -2.44. The molecule has 22 heavy (non-hydrogen) atoms. The number of hydrogen-bond donors (Lipinski definition) is 2. The van der Waals surface area contributed by atoms with E-state index in [-0.39, 0.29) is 12.6 Å². The van der Waals surface area contributed by atoms with E-state index in [1.807, 2.05) is 12.1 Å². The van der Waals surface area contributed by atoms with Crippen molar-refractivity contribution < 1.29 is 5.11 Å². The third-order valence-electron chi connectivity index (χ3n) is 4.49. The molecule has 0 aromatic heterocycles. The first-order chi connectivity index (χ1) is 10.9. The van der Waals surface area contributed by atoms with Gasteiger partial charge in [-0.25, -0.2) is 0 Å². The van der Waals surface area contributed by atoms with Gasteiger partial charge in [0.15, 0.2) is 0 Å².